The topological polar surface area (TPSA) is 48.8 Å². The van der Waals surface area contributed by atoms with Crippen LogP contribution in [0.5, 0.6) is 0 Å². The van der Waals surface area contributed by atoms with Gasteiger partial charge in [0.25, 0.3) is 0 Å². The number of rotatable bonds is 3. The van der Waals surface area contributed by atoms with E-state index in [1.165, 1.54) is 0 Å². The van der Waals surface area contributed by atoms with E-state index in [4.69, 9.17) is 5.53 Å². The van der Waals surface area contributed by atoms with Crippen LogP contribution in [0.4, 0.5) is 0 Å². The number of nitrogens with zero attached hydrogens (tertiary/aromatic N) is 3. The fourth-order valence-corrected chi connectivity index (χ4v) is 2.07. The van der Waals surface area contributed by atoms with Crippen LogP contribution in [0.3, 0.4) is 0 Å². The molecule has 1 heterocycles. The lowest BCUT2D eigenvalue weighted by molar-refractivity contribution is 1.22. The van der Waals surface area contributed by atoms with Crippen LogP contribution in [0, 0.1) is 0 Å². The zero-order valence-electron chi connectivity index (χ0n) is 6.14. The fraction of sp³-hybridized carbons (Fsp3) is 0.143. The normalized spacial score (nSPS) is 10.1. The zero-order chi connectivity index (χ0) is 8.81. The minimum Gasteiger partial charge on any atom is -0.151 e. The molecule has 0 radical (unpaired) electrons. The Morgan fingerprint density at radius 2 is 2.50 bits per heavy atom. The molecule has 0 aromatic carbocycles. The Bertz CT molecular complexity index is 325. The summed E-state index contributed by atoms with van der Waals surface area (Å²) in [6.45, 7) is 0.402. The van der Waals surface area contributed by atoms with Crippen LogP contribution < -0.4 is 0 Å². The van der Waals surface area contributed by atoms with Crippen LogP contribution in [0.15, 0.2) is 26.4 Å². The summed E-state index contributed by atoms with van der Waals surface area (Å²) in [6.07, 6.45) is 3.75. The molecular formula is C7H6BrN3S. The second-order valence-corrected chi connectivity index (χ2v) is 3.59. The van der Waals surface area contributed by atoms with Gasteiger partial charge >= 0.3 is 0 Å². The van der Waals surface area contributed by atoms with Gasteiger partial charge in [-0.1, -0.05) is 17.3 Å². The summed E-state index contributed by atoms with van der Waals surface area (Å²) in [4.78, 5) is 2.64. The number of thiophene rings is 1. The first kappa shape index (κ1) is 9.32. The van der Waals surface area contributed by atoms with Gasteiger partial charge in [-0.15, -0.1) is 0 Å². The Labute approximate surface area is 82.5 Å². The predicted molar refractivity (Wildman–Crippen MR) is 55.1 cm³/mol. The molecule has 0 aliphatic heterocycles. The number of halogens is 1. The molecule has 0 aliphatic carbocycles. The molecule has 0 aliphatic rings. The Kier molecular flexibility index (Phi) is 3.87. The Morgan fingerprint density at radius 1 is 1.67 bits per heavy atom. The fourth-order valence-electron chi connectivity index (χ4n) is 0.674. The second kappa shape index (κ2) is 4.98. The molecule has 0 N–H and O–H groups in total. The van der Waals surface area contributed by atoms with Gasteiger partial charge in [0.15, 0.2) is 0 Å². The third-order valence-electron chi connectivity index (χ3n) is 1.19. The highest BCUT2D eigenvalue weighted by molar-refractivity contribution is 9.10. The highest BCUT2D eigenvalue weighted by Gasteiger charge is 1.93. The lowest BCUT2D eigenvalue weighted by Gasteiger charge is -1.85. The molecule has 62 valence electrons. The van der Waals surface area contributed by atoms with E-state index in [0.29, 0.717) is 6.54 Å². The third-order valence-corrected chi connectivity index (χ3v) is 2.94. The first-order valence-electron chi connectivity index (χ1n) is 3.23. The van der Waals surface area contributed by atoms with E-state index in [-0.39, 0.29) is 0 Å². The van der Waals surface area contributed by atoms with Gasteiger partial charge in [0.05, 0.1) is 0 Å². The van der Waals surface area contributed by atoms with Crippen molar-refractivity contribution < 1.29 is 0 Å². The van der Waals surface area contributed by atoms with Gasteiger partial charge < -0.3 is 0 Å². The first-order chi connectivity index (χ1) is 5.84. The van der Waals surface area contributed by atoms with Gasteiger partial charge in [-0.2, -0.15) is 11.3 Å². The summed E-state index contributed by atoms with van der Waals surface area (Å²) in [5, 5.41) is 7.41. The minimum atomic E-state index is 0.402. The standard InChI is InChI=1S/C7H6BrN3S/c8-7-5-12-4-6(7)2-1-3-10-11-9/h1-2,4-5H,3H2. The molecule has 12 heavy (non-hydrogen) atoms. The summed E-state index contributed by atoms with van der Waals surface area (Å²) >= 11 is 5.02. The van der Waals surface area contributed by atoms with E-state index in [1.807, 2.05) is 22.9 Å². The Balaban J connectivity index is 2.57. The number of azide groups is 1. The van der Waals surface area contributed by atoms with Crippen LogP contribution in [0.2, 0.25) is 0 Å². The average Bonchev–Trinajstić information content (AvgIpc) is 2.46. The molecule has 1 aromatic rings. The van der Waals surface area contributed by atoms with Crippen molar-refractivity contribution in [2.75, 3.05) is 6.54 Å². The van der Waals surface area contributed by atoms with Crippen LogP contribution in [0.25, 0.3) is 16.5 Å². The monoisotopic (exact) mass is 243 g/mol. The lowest BCUT2D eigenvalue weighted by Crippen LogP contribution is -1.68. The number of hydrogen-bond donors (Lipinski definition) is 0. The maximum absolute atomic E-state index is 8.00. The third kappa shape index (κ3) is 2.70. The van der Waals surface area contributed by atoms with Crippen molar-refractivity contribution in [2.24, 2.45) is 5.11 Å². The highest BCUT2D eigenvalue weighted by Crippen LogP contribution is 2.22. The summed E-state index contributed by atoms with van der Waals surface area (Å²) < 4.78 is 1.07. The smallest absolute Gasteiger partial charge is 0.0443 e. The van der Waals surface area contributed by atoms with E-state index in [9.17, 15) is 0 Å². The summed E-state index contributed by atoms with van der Waals surface area (Å²) in [7, 11) is 0. The van der Waals surface area contributed by atoms with Gasteiger partial charge in [0, 0.05) is 21.3 Å². The zero-order valence-corrected chi connectivity index (χ0v) is 8.55. The average molecular weight is 244 g/mol. The van der Waals surface area contributed by atoms with Crippen molar-refractivity contribution in [3.05, 3.63) is 37.3 Å². The van der Waals surface area contributed by atoms with Crippen LogP contribution >= 0.6 is 27.3 Å². The Morgan fingerprint density at radius 3 is 3.08 bits per heavy atom. The molecule has 1 rings (SSSR count). The maximum Gasteiger partial charge on any atom is 0.0443 e. The van der Waals surface area contributed by atoms with Gasteiger partial charge in [-0.25, -0.2) is 0 Å². The van der Waals surface area contributed by atoms with E-state index >= 15 is 0 Å². The molecule has 0 fully saturated rings. The second-order valence-electron chi connectivity index (χ2n) is 1.99. The molecule has 0 spiro atoms. The number of hydrogen-bond acceptors (Lipinski definition) is 2. The van der Waals surface area contributed by atoms with Gasteiger partial charge in [-0.3, -0.25) is 0 Å². The predicted octanol–water partition coefficient (Wildman–Crippen LogP) is 3.83. The van der Waals surface area contributed by atoms with E-state index in [1.54, 1.807) is 11.3 Å². The van der Waals surface area contributed by atoms with E-state index in [2.05, 4.69) is 26.0 Å². The molecule has 0 unspecified atom stereocenters. The van der Waals surface area contributed by atoms with Crippen molar-refractivity contribution in [1.82, 2.24) is 0 Å². The maximum atomic E-state index is 8.00. The minimum absolute atomic E-state index is 0.402. The SMILES string of the molecule is [N-]=[N+]=NCC=Cc1cscc1Br. The summed E-state index contributed by atoms with van der Waals surface area (Å²) in [6, 6.07) is 0. The van der Waals surface area contributed by atoms with Crippen molar-refractivity contribution in [1.29, 1.82) is 0 Å². The van der Waals surface area contributed by atoms with Crippen LogP contribution in [-0.2, 0) is 0 Å². The molecule has 0 saturated carbocycles. The van der Waals surface area contributed by atoms with Gasteiger partial charge in [-0.05, 0) is 32.4 Å². The Hall–Kier alpha value is -0.770. The van der Waals surface area contributed by atoms with Gasteiger partial charge in [0.1, 0.15) is 0 Å². The quantitative estimate of drug-likeness (QED) is 0.440. The first-order valence-corrected chi connectivity index (χ1v) is 4.97. The molecule has 0 atom stereocenters. The molecule has 5 heteroatoms. The van der Waals surface area contributed by atoms with Crippen LogP contribution in [0.1, 0.15) is 5.56 Å². The van der Waals surface area contributed by atoms with E-state index < -0.39 is 0 Å². The lowest BCUT2D eigenvalue weighted by atomic mass is 10.3. The largest absolute Gasteiger partial charge is 0.151 e. The summed E-state index contributed by atoms with van der Waals surface area (Å²) in [5.74, 6) is 0. The molecule has 0 bridgehead atoms. The van der Waals surface area contributed by atoms with Gasteiger partial charge in [0.2, 0.25) is 0 Å². The molecule has 0 amide bonds. The summed E-state index contributed by atoms with van der Waals surface area (Å²) in [5.41, 5.74) is 9.11. The van der Waals surface area contributed by atoms with E-state index in [0.717, 1.165) is 10.0 Å². The highest BCUT2D eigenvalue weighted by atomic mass is 79.9. The van der Waals surface area contributed by atoms with Crippen molar-refractivity contribution in [2.45, 2.75) is 0 Å². The molecule has 3 nitrogen and oxygen atoms in total. The molecule has 1 aromatic heterocycles. The molecule has 0 saturated heterocycles. The van der Waals surface area contributed by atoms with Crippen molar-refractivity contribution in [3.8, 4) is 0 Å². The van der Waals surface area contributed by atoms with Crippen molar-refractivity contribution >= 4 is 33.3 Å². The molecular weight excluding hydrogens is 238 g/mol. The van der Waals surface area contributed by atoms with Crippen molar-refractivity contribution in [3.63, 3.8) is 0 Å². The van der Waals surface area contributed by atoms with Crippen LogP contribution in [-0.4, -0.2) is 6.54 Å².